The van der Waals surface area contributed by atoms with E-state index in [2.05, 4.69) is 41.5 Å². The van der Waals surface area contributed by atoms with Crippen molar-refractivity contribution in [1.29, 1.82) is 0 Å². The van der Waals surface area contributed by atoms with Gasteiger partial charge >= 0.3 is 0 Å². The van der Waals surface area contributed by atoms with Crippen molar-refractivity contribution in [2.75, 3.05) is 10.6 Å². The first-order valence-corrected chi connectivity index (χ1v) is 7.26. The summed E-state index contributed by atoms with van der Waals surface area (Å²) in [6.45, 7) is 3.11. The first-order chi connectivity index (χ1) is 8.72. The van der Waals surface area contributed by atoms with Crippen molar-refractivity contribution in [1.82, 2.24) is 0 Å². The zero-order valence-electron chi connectivity index (χ0n) is 10.6. The highest BCUT2D eigenvalue weighted by Crippen LogP contribution is 2.34. The van der Waals surface area contributed by atoms with Gasteiger partial charge in [-0.3, -0.25) is 0 Å². The molecule has 2 N–H and O–H groups in total. The van der Waals surface area contributed by atoms with E-state index in [1.165, 1.54) is 29.0 Å². The number of anilines is 2. The van der Waals surface area contributed by atoms with Crippen molar-refractivity contribution in [2.45, 2.75) is 32.4 Å². The normalized spacial score (nSPS) is 14.7. The second-order valence-corrected chi connectivity index (χ2v) is 6.07. The molecule has 1 aromatic carbocycles. The molecule has 3 heteroatoms. The van der Waals surface area contributed by atoms with Gasteiger partial charge in [-0.25, -0.2) is 0 Å². The fourth-order valence-electron chi connectivity index (χ4n) is 2.35. The first-order valence-electron chi connectivity index (χ1n) is 6.38. The van der Waals surface area contributed by atoms with Crippen LogP contribution in [0.2, 0.25) is 0 Å². The topological polar surface area (TPSA) is 29.3 Å². The van der Waals surface area contributed by atoms with Gasteiger partial charge in [0, 0.05) is 22.3 Å². The lowest BCUT2D eigenvalue weighted by molar-refractivity contribution is 0.803. The SMILES string of the molecule is Cc1cc(N)cc(N(Cc2cccs2)C2CC2)c1. The van der Waals surface area contributed by atoms with Gasteiger partial charge in [0.15, 0.2) is 0 Å². The minimum absolute atomic E-state index is 0.702. The number of benzene rings is 1. The fourth-order valence-corrected chi connectivity index (χ4v) is 3.05. The molecule has 94 valence electrons. The number of thiophene rings is 1. The molecule has 0 amide bonds. The van der Waals surface area contributed by atoms with E-state index in [1.807, 2.05) is 17.4 Å². The molecule has 0 bridgehead atoms. The Labute approximate surface area is 112 Å². The monoisotopic (exact) mass is 258 g/mol. The summed E-state index contributed by atoms with van der Waals surface area (Å²) in [6.07, 6.45) is 2.61. The quantitative estimate of drug-likeness (QED) is 0.845. The summed E-state index contributed by atoms with van der Waals surface area (Å²) in [7, 11) is 0. The van der Waals surface area contributed by atoms with E-state index in [0.717, 1.165) is 12.2 Å². The third-order valence-electron chi connectivity index (χ3n) is 3.31. The molecule has 2 nitrogen and oxygen atoms in total. The van der Waals surface area contributed by atoms with Crippen LogP contribution in [0, 0.1) is 6.92 Å². The van der Waals surface area contributed by atoms with Crippen molar-refractivity contribution >= 4 is 22.7 Å². The lowest BCUT2D eigenvalue weighted by atomic mass is 10.1. The maximum absolute atomic E-state index is 5.97. The molecule has 1 aromatic heterocycles. The van der Waals surface area contributed by atoms with Crippen LogP contribution < -0.4 is 10.6 Å². The summed E-state index contributed by atoms with van der Waals surface area (Å²) < 4.78 is 0. The van der Waals surface area contributed by atoms with Gasteiger partial charge in [0.05, 0.1) is 6.54 Å². The third kappa shape index (κ3) is 2.51. The number of rotatable bonds is 4. The minimum Gasteiger partial charge on any atom is -0.399 e. The van der Waals surface area contributed by atoms with Crippen molar-refractivity contribution in [3.63, 3.8) is 0 Å². The Morgan fingerprint density at radius 1 is 1.33 bits per heavy atom. The van der Waals surface area contributed by atoms with Crippen LogP contribution in [0.25, 0.3) is 0 Å². The summed E-state index contributed by atoms with van der Waals surface area (Å²) >= 11 is 1.83. The molecule has 2 aromatic rings. The Hall–Kier alpha value is -1.48. The average molecular weight is 258 g/mol. The van der Waals surface area contributed by atoms with Gasteiger partial charge in [0.25, 0.3) is 0 Å². The van der Waals surface area contributed by atoms with Crippen LogP contribution in [-0.2, 0) is 6.54 Å². The van der Waals surface area contributed by atoms with E-state index in [4.69, 9.17) is 5.73 Å². The molecule has 0 unspecified atom stereocenters. The summed E-state index contributed by atoms with van der Waals surface area (Å²) in [5, 5.41) is 2.14. The Morgan fingerprint density at radius 2 is 2.17 bits per heavy atom. The second kappa shape index (κ2) is 4.65. The molecular weight excluding hydrogens is 240 g/mol. The maximum atomic E-state index is 5.97. The standard InChI is InChI=1S/C15H18N2S/c1-11-7-12(16)9-14(8-11)17(13-4-5-13)10-15-3-2-6-18-15/h2-3,6-9,13H,4-5,10,16H2,1H3. The molecule has 1 aliphatic carbocycles. The van der Waals surface area contributed by atoms with Crippen LogP contribution in [-0.4, -0.2) is 6.04 Å². The molecule has 1 heterocycles. The van der Waals surface area contributed by atoms with Crippen LogP contribution in [0.4, 0.5) is 11.4 Å². The van der Waals surface area contributed by atoms with Crippen LogP contribution in [0.5, 0.6) is 0 Å². The largest absolute Gasteiger partial charge is 0.399 e. The molecule has 3 rings (SSSR count). The summed E-state index contributed by atoms with van der Waals surface area (Å²) in [4.78, 5) is 3.91. The van der Waals surface area contributed by atoms with Crippen molar-refractivity contribution in [3.05, 3.63) is 46.2 Å². The van der Waals surface area contributed by atoms with E-state index in [1.54, 1.807) is 0 Å². The summed E-state index contributed by atoms with van der Waals surface area (Å²) in [5.74, 6) is 0. The lowest BCUT2D eigenvalue weighted by Gasteiger charge is -2.25. The van der Waals surface area contributed by atoms with E-state index in [0.29, 0.717) is 6.04 Å². The molecule has 18 heavy (non-hydrogen) atoms. The van der Waals surface area contributed by atoms with E-state index in [9.17, 15) is 0 Å². The summed E-state index contributed by atoms with van der Waals surface area (Å²) in [5.41, 5.74) is 9.33. The highest BCUT2D eigenvalue weighted by Gasteiger charge is 2.29. The highest BCUT2D eigenvalue weighted by atomic mass is 32.1. The number of nitrogens with two attached hydrogens (primary N) is 1. The number of aryl methyl sites for hydroxylation is 1. The fraction of sp³-hybridized carbons (Fsp3) is 0.333. The van der Waals surface area contributed by atoms with Crippen molar-refractivity contribution in [3.8, 4) is 0 Å². The number of nitrogen functional groups attached to an aromatic ring is 1. The molecule has 0 aliphatic heterocycles. The highest BCUT2D eigenvalue weighted by molar-refractivity contribution is 7.09. The predicted octanol–water partition coefficient (Wildman–Crippen LogP) is 3.81. The second-order valence-electron chi connectivity index (χ2n) is 5.04. The van der Waals surface area contributed by atoms with Gasteiger partial charge in [0.1, 0.15) is 0 Å². The molecular formula is C15H18N2S. The number of hydrogen-bond acceptors (Lipinski definition) is 3. The first kappa shape index (κ1) is 11.6. The minimum atomic E-state index is 0.702. The molecule has 1 aliphatic rings. The third-order valence-corrected chi connectivity index (χ3v) is 4.17. The van der Waals surface area contributed by atoms with E-state index >= 15 is 0 Å². The van der Waals surface area contributed by atoms with Crippen LogP contribution in [0.1, 0.15) is 23.3 Å². The average Bonchev–Trinajstić information content (AvgIpc) is 3.02. The number of nitrogens with zero attached hydrogens (tertiary/aromatic N) is 1. The zero-order chi connectivity index (χ0) is 12.5. The van der Waals surface area contributed by atoms with Crippen LogP contribution in [0.3, 0.4) is 0 Å². The molecule has 0 spiro atoms. The van der Waals surface area contributed by atoms with E-state index < -0.39 is 0 Å². The molecule has 0 radical (unpaired) electrons. The predicted molar refractivity (Wildman–Crippen MR) is 79.1 cm³/mol. The Kier molecular flexibility index (Phi) is 3.00. The maximum Gasteiger partial charge on any atom is 0.0525 e. The molecule has 0 atom stereocenters. The van der Waals surface area contributed by atoms with Gasteiger partial charge in [0.2, 0.25) is 0 Å². The Balaban J connectivity index is 1.89. The van der Waals surface area contributed by atoms with Crippen molar-refractivity contribution in [2.24, 2.45) is 0 Å². The van der Waals surface area contributed by atoms with Gasteiger partial charge in [-0.2, -0.15) is 0 Å². The molecule has 1 saturated carbocycles. The van der Waals surface area contributed by atoms with E-state index in [-0.39, 0.29) is 0 Å². The van der Waals surface area contributed by atoms with Crippen molar-refractivity contribution < 1.29 is 0 Å². The lowest BCUT2D eigenvalue weighted by Crippen LogP contribution is -2.24. The van der Waals surface area contributed by atoms with Crippen LogP contribution in [0.15, 0.2) is 35.7 Å². The summed E-state index contributed by atoms with van der Waals surface area (Å²) in [6, 6.07) is 11.4. The van der Waals surface area contributed by atoms with Gasteiger partial charge in [-0.05, 0) is 55.0 Å². The van der Waals surface area contributed by atoms with Gasteiger partial charge in [-0.15, -0.1) is 11.3 Å². The van der Waals surface area contributed by atoms with Gasteiger partial charge in [-0.1, -0.05) is 6.07 Å². The smallest absolute Gasteiger partial charge is 0.0525 e. The zero-order valence-corrected chi connectivity index (χ0v) is 11.4. The molecule has 0 saturated heterocycles. The number of hydrogen-bond donors (Lipinski definition) is 1. The Morgan fingerprint density at radius 3 is 2.78 bits per heavy atom. The van der Waals surface area contributed by atoms with Crippen LogP contribution >= 0.6 is 11.3 Å². The Bertz CT molecular complexity index is 509. The molecule has 1 fully saturated rings. The van der Waals surface area contributed by atoms with Gasteiger partial charge < -0.3 is 10.6 Å².